The Bertz CT molecular complexity index is 561. The van der Waals surface area contributed by atoms with Crippen LogP contribution in [0.2, 0.25) is 0 Å². The molecule has 3 rings (SSSR count). The Kier molecular flexibility index (Phi) is 3.91. The maximum Gasteiger partial charge on any atom is 0.189 e. The fraction of sp³-hybridized carbons (Fsp3) is 0.500. The second-order valence-electron chi connectivity index (χ2n) is 5.09. The molecule has 2 aromatic heterocycles. The first-order valence-corrected chi connectivity index (χ1v) is 8.12. The fourth-order valence-corrected chi connectivity index (χ4v) is 3.08. The van der Waals surface area contributed by atoms with Gasteiger partial charge in [0.15, 0.2) is 5.16 Å². The van der Waals surface area contributed by atoms with Gasteiger partial charge < -0.3 is 9.88 Å². The third-order valence-electron chi connectivity index (χ3n) is 3.73. The van der Waals surface area contributed by atoms with Crippen molar-refractivity contribution < 1.29 is 0 Å². The molecular weight excluding hydrogens is 270 g/mol. The monoisotopic (exact) mass is 289 g/mol. The van der Waals surface area contributed by atoms with Gasteiger partial charge in [-0.3, -0.25) is 0 Å². The van der Waals surface area contributed by atoms with Crippen LogP contribution >= 0.6 is 11.8 Å². The average molecular weight is 289 g/mol. The van der Waals surface area contributed by atoms with Crippen molar-refractivity contribution in [1.82, 2.24) is 19.9 Å². The molecule has 0 amide bonds. The molecular formula is C14H19N5S. The number of hydrogen-bond acceptors (Lipinski definition) is 5. The minimum Gasteiger partial charge on any atom is -0.356 e. The van der Waals surface area contributed by atoms with E-state index in [0.29, 0.717) is 5.92 Å². The van der Waals surface area contributed by atoms with E-state index in [9.17, 15) is 0 Å². The lowest BCUT2D eigenvalue weighted by molar-refractivity contribution is 0.485. The summed E-state index contributed by atoms with van der Waals surface area (Å²) in [5.74, 6) is 2.72. The van der Waals surface area contributed by atoms with Crippen molar-refractivity contribution in [3.8, 4) is 0 Å². The number of thioether (sulfide) groups is 1. The van der Waals surface area contributed by atoms with Gasteiger partial charge in [-0.15, -0.1) is 0 Å². The molecule has 6 heteroatoms. The van der Waals surface area contributed by atoms with Crippen LogP contribution in [0.15, 0.2) is 23.6 Å². The topological polar surface area (TPSA) is 57.7 Å². The highest BCUT2D eigenvalue weighted by Crippen LogP contribution is 2.28. The SMILES string of the molecule is CSc1nc(C)cc(N2CCC(c3ncc[nH]3)CC2)n1. The van der Waals surface area contributed by atoms with Gasteiger partial charge in [-0.1, -0.05) is 11.8 Å². The van der Waals surface area contributed by atoms with Crippen LogP contribution in [0.3, 0.4) is 0 Å². The van der Waals surface area contributed by atoms with Gasteiger partial charge in [0.2, 0.25) is 0 Å². The second kappa shape index (κ2) is 5.83. The number of H-pyrrole nitrogens is 1. The third-order valence-corrected chi connectivity index (χ3v) is 4.28. The maximum atomic E-state index is 4.62. The number of piperidine rings is 1. The summed E-state index contributed by atoms with van der Waals surface area (Å²) in [7, 11) is 0. The predicted molar refractivity (Wildman–Crippen MR) is 81.3 cm³/mol. The second-order valence-corrected chi connectivity index (χ2v) is 5.86. The highest BCUT2D eigenvalue weighted by Gasteiger charge is 2.23. The fourth-order valence-electron chi connectivity index (χ4n) is 2.66. The number of aromatic nitrogens is 4. The van der Waals surface area contributed by atoms with Crippen LogP contribution in [0, 0.1) is 6.92 Å². The average Bonchev–Trinajstić information content (AvgIpc) is 3.01. The molecule has 1 saturated heterocycles. The molecule has 0 atom stereocenters. The Hall–Kier alpha value is -1.56. The molecule has 5 nitrogen and oxygen atoms in total. The van der Waals surface area contributed by atoms with Crippen molar-refractivity contribution in [2.45, 2.75) is 30.8 Å². The molecule has 106 valence electrons. The van der Waals surface area contributed by atoms with Crippen LogP contribution in [-0.2, 0) is 0 Å². The number of aryl methyl sites for hydroxylation is 1. The molecule has 2 aromatic rings. The molecule has 20 heavy (non-hydrogen) atoms. The zero-order valence-electron chi connectivity index (χ0n) is 11.8. The zero-order valence-corrected chi connectivity index (χ0v) is 12.7. The Morgan fingerprint density at radius 2 is 2.10 bits per heavy atom. The summed E-state index contributed by atoms with van der Waals surface area (Å²) in [6.07, 6.45) is 7.98. The van der Waals surface area contributed by atoms with Gasteiger partial charge in [0, 0.05) is 43.2 Å². The summed E-state index contributed by atoms with van der Waals surface area (Å²) in [5, 5.41) is 0.855. The van der Waals surface area contributed by atoms with Gasteiger partial charge in [0.1, 0.15) is 11.6 Å². The summed E-state index contributed by atoms with van der Waals surface area (Å²) in [6.45, 7) is 4.08. The Labute approximate surface area is 123 Å². The number of imidazole rings is 1. The number of nitrogens with one attached hydrogen (secondary N) is 1. The van der Waals surface area contributed by atoms with Crippen LogP contribution in [0.25, 0.3) is 0 Å². The molecule has 1 N–H and O–H groups in total. The number of rotatable bonds is 3. The number of hydrogen-bond donors (Lipinski definition) is 1. The van der Waals surface area contributed by atoms with E-state index < -0.39 is 0 Å². The van der Waals surface area contributed by atoms with Crippen LogP contribution in [0.5, 0.6) is 0 Å². The molecule has 0 radical (unpaired) electrons. The molecule has 3 heterocycles. The summed E-state index contributed by atoms with van der Waals surface area (Å²) >= 11 is 1.60. The van der Waals surface area contributed by atoms with Gasteiger partial charge in [-0.05, 0) is 26.0 Å². The first kappa shape index (κ1) is 13.4. The number of anilines is 1. The number of nitrogens with zero attached hydrogens (tertiary/aromatic N) is 4. The minimum atomic E-state index is 0.546. The Balaban J connectivity index is 1.70. The summed E-state index contributed by atoms with van der Waals surface area (Å²) in [4.78, 5) is 19.0. The van der Waals surface area contributed by atoms with E-state index in [1.54, 1.807) is 11.8 Å². The van der Waals surface area contributed by atoms with Gasteiger partial charge in [0.05, 0.1) is 0 Å². The molecule has 0 saturated carbocycles. The molecule has 1 aliphatic rings. The normalized spacial score (nSPS) is 16.6. The van der Waals surface area contributed by atoms with Gasteiger partial charge in [-0.25, -0.2) is 15.0 Å². The number of aromatic amines is 1. The van der Waals surface area contributed by atoms with E-state index in [0.717, 1.165) is 48.4 Å². The van der Waals surface area contributed by atoms with E-state index in [2.05, 4.69) is 30.9 Å². The lowest BCUT2D eigenvalue weighted by atomic mass is 9.96. The first-order valence-electron chi connectivity index (χ1n) is 6.90. The third kappa shape index (κ3) is 2.80. The van der Waals surface area contributed by atoms with Crippen molar-refractivity contribution in [1.29, 1.82) is 0 Å². The van der Waals surface area contributed by atoms with Crippen LogP contribution in [0.4, 0.5) is 5.82 Å². The van der Waals surface area contributed by atoms with Crippen LogP contribution in [0.1, 0.15) is 30.3 Å². The zero-order chi connectivity index (χ0) is 13.9. The van der Waals surface area contributed by atoms with Gasteiger partial charge >= 0.3 is 0 Å². The maximum absolute atomic E-state index is 4.62. The smallest absolute Gasteiger partial charge is 0.189 e. The summed E-state index contributed by atoms with van der Waals surface area (Å²) in [6, 6.07) is 2.08. The van der Waals surface area contributed by atoms with Crippen molar-refractivity contribution in [2.24, 2.45) is 0 Å². The summed E-state index contributed by atoms with van der Waals surface area (Å²) in [5.41, 5.74) is 1.03. The molecule has 1 aliphatic heterocycles. The highest BCUT2D eigenvalue weighted by molar-refractivity contribution is 7.98. The lowest BCUT2D eigenvalue weighted by Gasteiger charge is -2.32. The van der Waals surface area contributed by atoms with E-state index >= 15 is 0 Å². The van der Waals surface area contributed by atoms with Crippen molar-refractivity contribution in [2.75, 3.05) is 24.2 Å². The molecule has 0 unspecified atom stereocenters. The van der Waals surface area contributed by atoms with Crippen LogP contribution in [-0.4, -0.2) is 39.3 Å². The van der Waals surface area contributed by atoms with Crippen molar-refractivity contribution in [3.05, 3.63) is 30.0 Å². The predicted octanol–water partition coefficient (Wildman–Crippen LogP) is 2.61. The standard InChI is InChI=1S/C14H19N5S/c1-10-9-12(18-14(17-10)20-2)19-7-3-11(4-8-19)13-15-5-6-16-13/h5-6,9,11H,3-4,7-8H2,1-2H3,(H,15,16). The first-order chi connectivity index (χ1) is 9.76. The lowest BCUT2D eigenvalue weighted by Crippen LogP contribution is -2.34. The van der Waals surface area contributed by atoms with E-state index in [1.165, 1.54) is 0 Å². The van der Waals surface area contributed by atoms with Crippen LogP contribution < -0.4 is 4.90 Å². The summed E-state index contributed by atoms with van der Waals surface area (Å²) < 4.78 is 0. The highest BCUT2D eigenvalue weighted by atomic mass is 32.2. The Morgan fingerprint density at radius 1 is 1.30 bits per heavy atom. The largest absolute Gasteiger partial charge is 0.356 e. The molecule has 0 spiro atoms. The molecule has 0 aliphatic carbocycles. The molecule has 1 fully saturated rings. The van der Waals surface area contributed by atoms with E-state index in [4.69, 9.17) is 0 Å². The van der Waals surface area contributed by atoms with E-state index in [1.807, 2.05) is 25.6 Å². The quantitative estimate of drug-likeness (QED) is 0.695. The minimum absolute atomic E-state index is 0.546. The van der Waals surface area contributed by atoms with E-state index in [-0.39, 0.29) is 0 Å². The van der Waals surface area contributed by atoms with Gasteiger partial charge in [0.25, 0.3) is 0 Å². The molecule has 0 bridgehead atoms. The molecule has 0 aromatic carbocycles. The Morgan fingerprint density at radius 3 is 2.75 bits per heavy atom. The van der Waals surface area contributed by atoms with Crippen molar-refractivity contribution >= 4 is 17.6 Å². The van der Waals surface area contributed by atoms with Crippen molar-refractivity contribution in [3.63, 3.8) is 0 Å². The van der Waals surface area contributed by atoms with Gasteiger partial charge in [-0.2, -0.15) is 0 Å².